The quantitative estimate of drug-likeness (QED) is 0.851. The summed E-state index contributed by atoms with van der Waals surface area (Å²) in [5.74, 6) is 0.841. The van der Waals surface area contributed by atoms with Crippen LogP contribution in [0.2, 0.25) is 0 Å². The highest BCUT2D eigenvalue weighted by molar-refractivity contribution is 4.99. The van der Waals surface area contributed by atoms with E-state index in [1.807, 2.05) is 4.68 Å². The van der Waals surface area contributed by atoms with Gasteiger partial charge >= 0.3 is 0 Å². The van der Waals surface area contributed by atoms with Crippen LogP contribution in [0.25, 0.3) is 0 Å². The Morgan fingerprint density at radius 2 is 2.21 bits per heavy atom. The first-order valence-corrected chi connectivity index (χ1v) is 7.71. The summed E-state index contributed by atoms with van der Waals surface area (Å²) in [6, 6.07) is 3.51. The molecule has 3 rings (SSSR count). The lowest BCUT2D eigenvalue weighted by Gasteiger charge is -2.14. The van der Waals surface area contributed by atoms with Gasteiger partial charge in [-0.3, -0.25) is 4.68 Å². The fraction of sp³-hybridized carbons (Fsp3) is 0.800. The summed E-state index contributed by atoms with van der Waals surface area (Å²) in [6.07, 6.45) is 6.32. The van der Waals surface area contributed by atoms with Gasteiger partial charge in [0.05, 0.1) is 5.69 Å². The van der Waals surface area contributed by atoms with Gasteiger partial charge in [0.2, 0.25) is 0 Å². The number of hydrogen-bond acceptors (Lipinski definition) is 3. The Hall–Kier alpha value is -0.870. The maximum Gasteiger partial charge on any atom is 0.0762 e. The van der Waals surface area contributed by atoms with Crippen molar-refractivity contribution in [3.63, 3.8) is 0 Å². The van der Waals surface area contributed by atoms with Gasteiger partial charge < -0.3 is 10.2 Å². The van der Waals surface area contributed by atoms with E-state index in [9.17, 15) is 0 Å². The SMILES string of the molecule is CC(C)n1ccc(CNCC2CCN(C3CC3)C2)n1. The highest BCUT2D eigenvalue weighted by Crippen LogP contribution is 2.31. The average Bonchev–Trinajstić information content (AvgIpc) is 2.94. The zero-order valence-electron chi connectivity index (χ0n) is 12.2. The molecule has 106 valence electrons. The van der Waals surface area contributed by atoms with Gasteiger partial charge in [0.25, 0.3) is 0 Å². The Bertz CT molecular complexity index is 408. The summed E-state index contributed by atoms with van der Waals surface area (Å²) in [4.78, 5) is 2.68. The number of nitrogens with zero attached hydrogens (tertiary/aromatic N) is 3. The minimum absolute atomic E-state index is 0.454. The molecule has 1 N–H and O–H groups in total. The fourth-order valence-electron chi connectivity index (χ4n) is 2.96. The van der Waals surface area contributed by atoms with Crippen LogP contribution in [0, 0.1) is 5.92 Å². The predicted molar refractivity (Wildman–Crippen MR) is 77.0 cm³/mol. The smallest absolute Gasteiger partial charge is 0.0762 e. The highest BCUT2D eigenvalue weighted by atomic mass is 15.3. The molecular weight excluding hydrogens is 236 g/mol. The first kappa shape index (κ1) is 13.1. The standard InChI is InChI=1S/C15H26N4/c1-12(2)19-8-6-14(17-19)10-16-9-13-5-7-18(11-13)15-3-4-15/h6,8,12-13,15-16H,3-5,7,9-11H2,1-2H3. The zero-order valence-corrected chi connectivity index (χ0v) is 12.2. The fourth-order valence-corrected chi connectivity index (χ4v) is 2.96. The molecule has 19 heavy (non-hydrogen) atoms. The van der Waals surface area contributed by atoms with E-state index in [1.165, 1.54) is 32.4 Å². The van der Waals surface area contributed by atoms with Gasteiger partial charge in [-0.25, -0.2) is 0 Å². The summed E-state index contributed by atoms with van der Waals surface area (Å²) < 4.78 is 2.03. The van der Waals surface area contributed by atoms with Crippen molar-refractivity contribution in [3.8, 4) is 0 Å². The van der Waals surface area contributed by atoms with Crippen LogP contribution >= 0.6 is 0 Å². The van der Waals surface area contributed by atoms with E-state index in [0.717, 1.165) is 30.7 Å². The maximum absolute atomic E-state index is 4.57. The normalized spacial score (nSPS) is 24.5. The zero-order chi connectivity index (χ0) is 13.2. The van der Waals surface area contributed by atoms with Crippen molar-refractivity contribution in [2.45, 2.75) is 51.7 Å². The monoisotopic (exact) mass is 262 g/mol. The first-order chi connectivity index (χ1) is 9.22. The number of hydrogen-bond donors (Lipinski definition) is 1. The molecule has 1 saturated heterocycles. The molecule has 0 bridgehead atoms. The third-order valence-electron chi connectivity index (χ3n) is 4.31. The first-order valence-electron chi connectivity index (χ1n) is 7.71. The van der Waals surface area contributed by atoms with Crippen molar-refractivity contribution >= 4 is 0 Å². The topological polar surface area (TPSA) is 33.1 Å². The molecule has 1 saturated carbocycles. The molecule has 0 spiro atoms. The van der Waals surface area contributed by atoms with Crippen LogP contribution in [-0.4, -0.2) is 40.4 Å². The van der Waals surface area contributed by atoms with Gasteiger partial charge in [-0.05, 0) is 58.2 Å². The summed E-state index contributed by atoms with van der Waals surface area (Å²) in [7, 11) is 0. The Balaban J connectivity index is 1.38. The molecule has 2 fully saturated rings. The third-order valence-corrected chi connectivity index (χ3v) is 4.31. The van der Waals surface area contributed by atoms with E-state index in [2.05, 4.69) is 41.4 Å². The molecule has 0 aromatic carbocycles. The Morgan fingerprint density at radius 3 is 2.89 bits per heavy atom. The van der Waals surface area contributed by atoms with Crippen molar-refractivity contribution < 1.29 is 0 Å². The molecule has 1 aromatic rings. The Labute approximate surface area is 116 Å². The van der Waals surface area contributed by atoms with Gasteiger partial charge in [-0.15, -0.1) is 0 Å². The van der Waals surface area contributed by atoms with Gasteiger partial charge in [0.1, 0.15) is 0 Å². The molecule has 1 unspecified atom stereocenters. The average molecular weight is 262 g/mol. The molecular formula is C15H26N4. The lowest BCUT2D eigenvalue weighted by molar-refractivity contribution is 0.311. The van der Waals surface area contributed by atoms with Crippen LogP contribution in [0.15, 0.2) is 12.3 Å². The van der Waals surface area contributed by atoms with Crippen LogP contribution in [0.5, 0.6) is 0 Å². The van der Waals surface area contributed by atoms with E-state index < -0.39 is 0 Å². The molecule has 1 atom stereocenters. The second-order valence-corrected chi connectivity index (χ2v) is 6.39. The minimum Gasteiger partial charge on any atom is -0.311 e. The van der Waals surface area contributed by atoms with Gasteiger partial charge in [-0.2, -0.15) is 5.10 Å². The van der Waals surface area contributed by atoms with Crippen molar-refractivity contribution in [2.75, 3.05) is 19.6 Å². The van der Waals surface area contributed by atoms with Crippen molar-refractivity contribution in [1.29, 1.82) is 0 Å². The Morgan fingerprint density at radius 1 is 1.37 bits per heavy atom. The molecule has 1 aromatic heterocycles. The number of rotatable bonds is 6. The highest BCUT2D eigenvalue weighted by Gasteiger charge is 2.33. The largest absolute Gasteiger partial charge is 0.311 e. The number of nitrogens with one attached hydrogen (secondary N) is 1. The van der Waals surface area contributed by atoms with Crippen molar-refractivity contribution in [1.82, 2.24) is 20.0 Å². The van der Waals surface area contributed by atoms with E-state index in [4.69, 9.17) is 0 Å². The lowest BCUT2D eigenvalue weighted by Crippen LogP contribution is -2.27. The summed E-state index contributed by atoms with van der Waals surface area (Å²) >= 11 is 0. The molecule has 0 radical (unpaired) electrons. The van der Waals surface area contributed by atoms with Crippen LogP contribution in [0.3, 0.4) is 0 Å². The van der Waals surface area contributed by atoms with E-state index >= 15 is 0 Å². The molecule has 1 aliphatic heterocycles. The minimum atomic E-state index is 0.454. The lowest BCUT2D eigenvalue weighted by atomic mass is 10.1. The van der Waals surface area contributed by atoms with E-state index in [-0.39, 0.29) is 0 Å². The predicted octanol–water partition coefficient (Wildman–Crippen LogP) is 2.04. The Kier molecular flexibility index (Phi) is 3.89. The molecule has 1 aliphatic carbocycles. The third kappa shape index (κ3) is 3.37. The van der Waals surface area contributed by atoms with Crippen molar-refractivity contribution in [2.24, 2.45) is 5.92 Å². The summed E-state index contributed by atoms with van der Waals surface area (Å²) in [6.45, 7) is 8.99. The number of likely N-dealkylation sites (tertiary alicyclic amines) is 1. The van der Waals surface area contributed by atoms with E-state index in [1.54, 1.807) is 0 Å². The molecule has 0 amide bonds. The number of aromatic nitrogens is 2. The molecule has 2 aliphatic rings. The van der Waals surface area contributed by atoms with Crippen LogP contribution in [0.4, 0.5) is 0 Å². The maximum atomic E-state index is 4.57. The van der Waals surface area contributed by atoms with Crippen LogP contribution in [-0.2, 0) is 6.54 Å². The molecule has 2 heterocycles. The summed E-state index contributed by atoms with van der Waals surface area (Å²) in [5.41, 5.74) is 1.16. The van der Waals surface area contributed by atoms with Gasteiger partial charge in [0.15, 0.2) is 0 Å². The van der Waals surface area contributed by atoms with Crippen LogP contribution < -0.4 is 5.32 Å². The summed E-state index contributed by atoms with van der Waals surface area (Å²) in [5, 5.41) is 8.14. The van der Waals surface area contributed by atoms with E-state index in [0.29, 0.717) is 6.04 Å². The van der Waals surface area contributed by atoms with Crippen molar-refractivity contribution in [3.05, 3.63) is 18.0 Å². The van der Waals surface area contributed by atoms with Crippen LogP contribution in [0.1, 0.15) is 44.8 Å². The molecule has 4 heteroatoms. The van der Waals surface area contributed by atoms with Gasteiger partial charge in [0, 0.05) is 31.4 Å². The second kappa shape index (κ2) is 5.63. The second-order valence-electron chi connectivity index (χ2n) is 6.39. The van der Waals surface area contributed by atoms with Gasteiger partial charge in [-0.1, -0.05) is 0 Å². The molecule has 4 nitrogen and oxygen atoms in total.